The van der Waals surface area contributed by atoms with Crippen molar-refractivity contribution in [3.63, 3.8) is 0 Å². The van der Waals surface area contributed by atoms with E-state index in [2.05, 4.69) is 10.7 Å². The van der Waals surface area contributed by atoms with Gasteiger partial charge in [0.25, 0.3) is 5.91 Å². The molecule has 0 aliphatic carbocycles. The van der Waals surface area contributed by atoms with Crippen LogP contribution in [0.15, 0.2) is 18.2 Å². The highest BCUT2D eigenvalue weighted by Gasteiger charge is 2.21. The van der Waals surface area contributed by atoms with Gasteiger partial charge in [0.1, 0.15) is 0 Å². The van der Waals surface area contributed by atoms with E-state index < -0.39 is 5.54 Å². The molecular weight excluding hydrogens is 230 g/mol. The minimum atomic E-state index is -0.400. The number of amides is 1. The summed E-state index contributed by atoms with van der Waals surface area (Å²) in [7, 11) is 1.61. The number of nitrogens with two attached hydrogens (primary N) is 1. The molecule has 0 aliphatic heterocycles. The molecule has 0 saturated carbocycles. The number of aryl methyl sites for hydroxylation is 1. The highest BCUT2D eigenvalue weighted by Crippen LogP contribution is 2.15. The number of ether oxygens (including phenoxy) is 1. The van der Waals surface area contributed by atoms with E-state index in [1.165, 1.54) is 0 Å². The summed E-state index contributed by atoms with van der Waals surface area (Å²) in [5.41, 5.74) is 4.44. The van der Waals surface area contributed by atoms with Crippen LogP contribution in [-0.4, -0.2) is 25.2 Å². The molecule has 1 amide bonds. The first-order valence-electron chi connectivity index (χ1n) is 5.78. The van der Waals surface area contributed by atoms with Gasteiger partial charge in [-0.1, -0.05) is 0 Å². The number of nitrogens with one attached hydrogen (secondary N) is 2. The maximum Gasteiger partial charge on any atom is 0.252 e. The van der Waals surface area contributed by atoms with Crippen LogP contribution >= 0.6 is 0 Å². The average Bonchev–Trinajstić information content (AvgIpc) is 2.27. The predicted octanol–water partition coefficient (Wildman–Crippen LogP) is 1.44. The van der Waals surface area contributed by atoms with Crippen molar-refractivity contribution in [1.82, 2.24) is 5.32 Å². The first kappa shape index (κ1) is 14.5. The van der Waals surface area contributed by atoms with Crippen LogP contribution in [-0.2, 0) is 4.74 Å². The predicted molar refractivity (Wildman–Crippen MR) is 72.4 cm³/mol. The van der Waals surface area contributed by atoms with Gasteiger partial charge in [0, 0.05) is 18.4 Å². The van der Waals surface area contributed by atoms with Gasteiger partial charge in [0.05, 0.1) is 12.1 Å². The van der Waals surface area contributed by atoms with Gasteiger partial charge in [-0.2, -0.15) is 0 Å². The molecule has 0 saturated heterocycles. The molecule has 1 aromatic carbocycles. The van der Waals surface area contributed by atoms with E-state index >= 15 is 0 Å². The van der Waals surface area contributed by atoms with Crippen molar-refractivity contribution in [3.05, 3.63) is 29.3 Å². The van der Waals surface area contributed by atoms with E-state index in [9.17, 15) is 4.79 Å². The molecule has 0 fully saturated rings. The largest absolute Gasteiger partial charge is 0.382 e. The van der Waals surface area contributed by atoms with E-state index in [1.54, 1.807) is 19.2 Å². The minimum Gasteiger partial charge on any atom is -0.382 e. The number of anilines is 1. The highest BCUT2D eigenvalue weighted by atomic mass is 16.5. The number of nitrogen functional groups attached to an aromatic ring is 1. The number of benzene rings is 1. The topological polar surface area (TPSA) is 76.4 Å². The number of hydrogen-bond acceptors (Lipinski definition) is 4. The molecule has 1 aromatic rings. The fourth-order valence-electron chi connectivity index (χ4n) is 1.78. The third-order valence-corrected chi connectivity index (χ3v) is 2.59. The highest BCUT2D eigenvalue weighted by molar-refractivity contribution is 5.96. The molecule has 0 heterocycles. The van der Waals surface area contributed by atoms with Crippen LogP contribution in [0.1, 0.15) is 29.8 Å². The maximum absolute atomic E-state index is 12.1. The Bertz CT molecular complexity index is 430. The summed E-state index contributed by atoms with van der Waals surface area (Å²) >= 11 is 0. The monoisotopic (exact) mass is 251 g/mol. The summed E-state index contributed by atoms with van der Waals surface area (Å²) in [4.78, 5) is 12.1. The Morgan fingerprint density at radius 3 is 2.61 bits per heavy atom. The standard InChI is InChI=1S/C13H21N3O2/c1-9-7-10(16-14)5-6-11(9)12(17)15-13(2,3)8-18-4/h5-7,16H,8,14H2,1-4H3,(H,15,17). The molecule has 0 unspecified atom stereocenters. The summed E-state index contributed by atoms with van der Waals surface area (Å²) in [5, 5.41) is 2.94. The van der Waals surface area contributed by atoms with Gasteiger partial charge in [-0.15, -0.1) is 0 Å². The second-order valence-corrected chi connectivity index (χ2v) is 4.95. The van der Waals surface area contributed by atoms with Gasteiger partial charge in [-0.05, 0) is 44.5 Å². The second kappa shape index (κ2) is 5.84. The van der Waals surface area contributed by atoms with Gasteiger partial charge in [-0.25, -0.2) is 0 Å². The molecule has 0 bridgehead atoms. The van der Waals surface area contributed by atoms with Crippen molar-refractivity contribution in [2.45, 2.75) is 26.3 Å². The fourth-order valence-corrected chi connectivity index (χ4v) is 1.78. The first-order chi connectivity index (χ1) is 8.39. The van der Waals surface area contributed by atoms with E-state index in [0.29, 0.717) is 12.2 Å². The summed E-state index contributed by atoms with van der Waals surface area (Å²) in [6, 6.07) is 5.35. The van der Waals surface area contributed by atoms with Gasteiger partial charge in [0.2, 0.25) is 0 Å². The van der Waals surface area contributed by atoms with Crippen LogP contribution in [0.2, 0.25) is 0 Å². The number of carbonyl (C=O) groups excluding carboxylic acids is 1. The van der Waals surface area contributed by atoms with Gasteiger partial charge >= 0.3 is 0 Å². The van der Waals surface area contributed by atoms with Crippen molar-refractivity contribution < 1.29 is 9.53 Å². The van der Waals surface area contributed by atoms with Crippen LogP contribution in [0.25, 0.3) is 0 Å². The van der Waals surface area contributed by atoms with Crippen molar-refractivity contribution in [2.24, 2.45) is 5.84 Å². The lowest BCUT2D eigenvalue weighted by molar-refractivity contribution is 0.0819. The Labute approximate surface area is 108 Å². The molecule has 18 heavy (non-hydrogen) atoms. The van der Waals surface area contributed by atoms with Gasteiger partial charge in [-0.3, -0.25) is 10.6 Å². The third kappa shape index (κ3) is 3.72. The molecule has 0 aliphatic rings. The normalized spacial score (nSPS) is 11.2. The number of methoxy groups -OCH3 is 1. The molecular formula is C13H21N3O2. The van der Waals surface area contributed by atoms with Crippen molar-refractivity contribution in [2.75, 3.05) is 19.1 Å². The molecule has 0 spiro atoms. The first-order valence-corrected chi connectivity index (χ1v) is 5.78. The van der Waals surface area contributed by atoms with Gasteiger partial charge in [0.15, 0.2) is 0 Å². The van der Waals surface area contributed by atoms with Crippen LogP contribution in [0.5, 0.6) is 0 Å². The zero-order chi connectivity index (χ0) is 13.8. The molecule has 5 nitrogen and oxygen atoms in total. The zero-order valence-electron chi connectivity index (χ0n) is 11.3. The minimum absolute atomic E-state index is 0.113. The van der Waals surface area contributed by atoms with Crippen molar-refractivity contribution >= 4 is 11.6 Å². The maximum atomic E-state index is 12.1. The SMILES string of the molecule is COCC(C)(C)NC(=O)c1ccc(NN)cc1C. The van der Waals surface area contributed by atoms with E-state index in [1.807, 2.05) is 26.8 Å². The molecule has 5 heteroatoms. The van der Waals surface area contributed by atoms with Crippen LogP contribution in [0.4, 0.5) is 5.69 Å². The Morgan fingerprint density at radius 1 is 1.44 bits per heavy atom. The summed E-state index contributed by atoms with van der Waals surface area (Å²) in [6.07, 6.45) is 0. The summed E-state index contributed by atoms with van der Waals surface area (Å²) < 4.78 is 5.07. The Kier molecular flexibility index (Phi) is 4.69. The third-order valence-electron chi connectivity index (χ3n) is 2.59. The zero-order valence-corrected chi connectivity index (χ0v) is 11.3. The Balaban J connectivity index is 2.85. The van der Waals surface area contributed by atoms with E-state index in [-0.39, 0.29) is 5.91 Å². The summed E-state index contributed by atoms with van der Waals surface area (Å²) in [5.74, 6) is 5.21. The van der Waals surface area contributed by atoms with E-state index in [4.69, 9.17) is 10.6 Å². The quantitative estimate of drug-likeness (QED) is 0.546. The molecule has 4 N–H and O–H groups in total. The smallest absolute Gasteiger partial charge is 0.252 e. The van der Waals surface area contributed by atoms with Crippen LogP contribution in [0, 0.1) is 6.92 Å². The van der Waals surface area contributed by atoms with E-state index in [0.717, 1.165) is 11.3 Å². The molecule has 1 rings (SSSR count). The molecule has 0 radical (unpaired) electrons. The molecule has 0 aromatic heterocycles. The van der Waals surface area contributed by atoms with Crippen molar-refractivity contribution in [1.29, 1.82) is 0 Å². The Morgan fingerprint density at radius 2 is 2.11 bits per heavy atom. The number of carbonyl (C=O) groups is 1. The second-order valence-electron chi connectivity index (χ2n) is 4.95. The van der Waals surface area contributed by atoms with Crippen LogP contribution in [0.3, 0.4) is 0 Å². The number of hydrazine groups is 1. The average molecular weight is 251 g/mol. The molecule has 0 atom stereocenters. The lowest BCUT2D eigenvalue weighted by Crippen LogP contribution is -2.46. The lowest BCUT2D eigenvalue weighted by Gasteiger charge is -2.25. The molecule has 100 valence electrons. The Hall–Kier alpha value is -1.59. The lowest BCUT2D eigenvalue weighted by atomic mass is 10.0. The number of hydrogen-bond donors (Lipinski definition) is 3. The number of rotatable bonds is 5. The fraction of sp³-hybridized carbons (Fsp3) is 0.462. The van der Waals surface area contributed by atoms with Crippen LogP contribution < -0.4 is 16.6 Å². The van der Waals surface area contributed by atoms with Gasteiger partial charge < -0.3 is 15.5 Å². The van der Waals surface area contributed by atoms with Crippen molar-refractivity contribution in [3.8, 4) is 0 Å². The summed E-state index contributed by atoms with van der Waals surface area (Å²) in [6.45, 7) is 6.17.